The molecule has 0 amide bonds. The van der Waals surface area contributed by atoms with Gasteiger partial charge >= 0.3 is 0 Å². The molecular formula is C10H17N3OS. The molecule has 0 spiro atoms. The number of thioether (sulfide) groups is 1. The zero-order chi connectivity index (χ0) is 11.1. The lowest BCUT2D eigenvalue weighted by Gasteiger charge is -2.07. The molecule has 0 radical (unpaired) electrons. The number of pyridine rings is 1. The monoisotopic (exact) mass is 227 g/mol. The molecule has 1 rings (SSSR count). The highest BCUT2D eigenvalue weighted by Crippen LogP contribution is 2.14. The van der Waals surface area contributed by atoms with E-state index in [1.807, 2.05) is 25.1 Å². The number of rotatable bonds is 6. The van der Waals surface area contributed by atoms with Gasteiger partial charge in [-0.3, -0.25) is 0 Å². The van der Waals surface area contributed by atoms with Crippen LogP contribution in [0.5, 0.6) is 0 Å². The van der Waals surface area contributed by atoms with Crippen molar-refractivity contribution in [2.45, 2.75) is 12.7 Å². The van der Waals surface area contributed by atoms with E-state index in [2.05, 4.69) is 10.4 Å². The van der Waals surface area contributed by atoms with Crippen LogP contribution in [-0.2, 0) is 5.75 Å². The van der Waals surface area contributed by atoms with Gasteiger partial charge < -0.3 is 10.5 Å². The summed E-state index contributed by atoms with van der Waals surface area (Å²) in [5.41, 5.74) is 3.52. The number of nitrogens with zero attached hydrogens (tertiary/aromatic N) is 1. The molecule has 84 valence electrons. The number of aliphatic hydroxyl groups excluding tert-OH is 1. The highest BCUT2D eigenvalue weighted by molar-refractivity contribution is 7.98. The van der Waals surface area contributed by atoms with E-state index in [9.17, 15) is 0 Å². The summed E-state index contributed by atoms with van der Waals surface area (Å²) in [6.45, 7) is 2.27. The molecule has 0 bridgehead atoms. The van der Waals surface area contributed by atoms with Crippen LogP contribution in [0.2, 0.25) is 0 Å². The van der Waals surface area contributed by atoms with Crippen molar-refractivity contribution in [3.8, 4) is 0 Å². The second-order valence-electron chi connectivity index (χ2n) is 3.46. The standard InChI is InChI=1S/C10H17N3OS/c1-8(5-14)6-15-7-9-3-2-4-10(12-9)13-11/h2-4,8,14H,5-7,11H2,1H3,(H,12,13). The largest absolute Gasteiger partial charge is 0.396 e. The maximum atomic E-state index is 8.86. The van der Waals surface area contributed by atoms with Crippen LogP contribution in [0.1, 0.15) is 12.6 Å². The van der Waals surface area contributed by atoms with Crippen molar-refractivity contribution >= 4 is 17.6 Å². The molecule has 0 saturated carbocycles. The van der Waals surface area contributed by atoms with Crippen molar-refractivity contribution in [3.63, 3.8) is 0 Å². The van der Waals surface area contributed by atoms with E-state index in [1.165, 1.54) is 0 Å². The third kappa shape index (κ3) is 4.51. The van der Waals surface area contributed by atoms with Crippen LogP contribution in [0.3, 0.4) is 0 Å². The Morgan fingerprint density at radius 3 is 3.07 bits per heavy atom. The molecule has 1 aromatic heterocycles. The van der Waals surface area contributed by atoms with E-state index in [-0.39, 0.29) is 6.61 Å². The number of aromatic nitrogens is 1. The average Bonchev–Trinajstić information content (AvgIpc) is 2.29. The van der Waals surface area contributed by atoms with Crippen molar-refractivity contribution in [1.82, 2.24) is 4.98 Å². The number of nitrogens with one attached hydrogen (secondary N) is 1. The van der Waals surface area contributed by atoms with Crippen LogP contribution in [0.4, 0.5) is 5.82 Å². The molecule has 1 heterocycles. The Kier molecular flexibility index (Phi) is 5.45. The summed E-state index contributed by atoms with van der Waals surface area (Å²) >= 11 is 1.77. The van der Waals surface area contributed by atoms with E-state index in [4.69, 9.17) is 10.9 Å². The number of hydrazine groups is 1. The lowest BCUT2D eigenvalue weighted by Crippen LogP contribution is -2.09. The Hall–Kier alpha value is -0.780. The van der Waals surface area contributed by atoms with E-state index < -0.39 is 0 Å². The number of nitrogen functional groups attached to an aromatic ring is 1. The molecule has 15 heavy (non-hydrogen) atoms. The molecule has 0 aromatic carbocycles. The summed E-state index contributed by atoms with van der Waals surface area (Å²) in [5.74, 6) is 8.08. The normalized spacial score (nSPS) is 12.5. The second kappa shape index (κ2) is 6.66. The van der Waals surface area contributed by atoms with Gasteiger partial charge in [0.2, 0.25) is 0 Å². The van der Waals surface area contributed by atoms with Crippen LogP contribution in [-0.4, -0.2) is 22.5 Å². The molecule has 0 aliphatic heterocycles. The predicted molar refractivity (Wildman–Crippen MR) is 64.5 cm³/mol. The van der Waals surface area contributed by atoms with Gasteiger partial charge in [-0.1, -0.05) is 13.0 Å². The maximum absolute atomic E-state index is 8.86. The topological polar surface area (TPSA) is 71.2 Å². The summed E-state index contributed by atoms with van der Waals surface area (Å²) in [6, 6.07) is 5.72. The smallest absolute Gasteiger partial charge is 0.140 e. The van der Waals surface area contributed by atoms with Crippen LogP contribution < -0.4 is 11.3 Å². The molecule has 1 unspecified atom stereocenters. The number of hydrogen-bond acceptors (Lipinski definition) is 5. The molecule has 0 aliphatic carbocycles. The summed E-state index contributed by atoms with van der Waals surface area (Å²) in [7, 11) is 0. The van der Waals surface area contributed by atoms with Crippen molar-refractivity contribution in [2.24, 2.45) is 11.8 Å². The molecule has 0 aliphatic rings. The fourth-order valence-electron chi connectivity index (χ4n) is 1.06. The third-order valence-electron chi connectivity index (χ3n) is 1.92. The van der Waals surface area contributed by atoms with Crippen LogP contribution in [0.25, 0.3) is 0 Å². The van der Waals surface area contributed by atoms with Gasteiger partial charge in [0.25, 0.3) is 0 Å². The van der Waals surface area contributed by atoms with E-state index in [0.29, 0.717) is 11.7 Å². The highest BCUT2D eigenvalue weighted by atomic mass is 32.2. The Morgan fingerprint density at radius 1 is 1.60 bits per heavy atom. The van der Waals surface area contributed by atoms with E-state index >= 15 is 0 Å². The van der Waals surface area contributed by atoms with Gasteiger partial charge in [0.15, 0.2) is 0 Å². The lowest BCUT2D eigenvalue weighted by molar-refractivity contribution is 0.250. The Morgan fingerprint density at radius 2 is 2.40 bits per heavy atom. The van der Waals surface area contributed by atoms with E-state index in [1.54, 1.807) is 11.8 Å². The summed E-state index contributed by atoms with van der Waals surface area (Å²) in [5, 5.41) is 8.86. The zero-order valence-corrected chi connectivity index (χ0v) is 9.63. The Bertz CT molecular complexity index is 296. The number of anilines is 1. The van der Waals surface area contributed by atoms with Crippen molar-refractivity contribution in [3.05, 3.63) is 23.9 Å². The third-order valence-corrected chi connectivity index (χ3v) is 3.22. The first-order valence-electron chi connectivity index (χ1n) is 4.87. The van der Waals surface area contributed by atoms with Crippen LogP contribution in [0.15, 0.2) is 18.2 Å². The van der Waals surface area contributed by atoms with Crippen molar-refractivity contribution in [2.75, 3.05) is 17.8 Å². The van der Waals surface area contributed by atoms with Gasteiger partial charge in [-0.2, -0.15) is 11.8 Å². The minimum Gasteiger partial charge on any atom is -0.396 e. The zero-order valence-electron chi connectivity index (χ0n) is 8.81. The predicted octanol–water partition coefficient (Wildman–Crippen LogP) is 1.23. The Labute approximate surface area is 94.3 Å². The summed E-state index contributed by atoms with van der Waals surface area (Å²) < 4.78 is 0. The first-order valence-corrected chi connectivity index (χ1v) is 6.03. The molecule has 1 aromatic rings. The molecule has 0 fully saturated rings. The highest BCUT2D eigenvalue weighted by Gasteiger charge is 2.01. The van der Waals surface area contributed by atoms with Gasteiger partial charge in [0.05, 0.1) is 5.69 Å². The van der Waals surface area contributed by atoms with Gasteiger partial charge in [-0.25, -0.2) is 10.8 Å². The number of aliphatic hydroxyl groups is 1. The van der Waals surface area contributed by atoms with Gasteiger partial charge in [0.1, 0.15) is 5.82 Å². The fraction of sp³-hybridized carbons (Fsp3) is 0.500. The van der Waals surface area contributed by atoms with Crippen LogP contribution >= 0.6 is 11.8 Å². The van der Waals surface area contributed by atoms with Gasteiger partial charge in [-0.05, 0) is 23.8 Å². The molecule has 4 nitrogen and oxygen atoms in total. The SMILES string of the molecule is CC(CO)CSCc1cccc(NN)n1. The van der Waals surface area contributed by atoms with Gasteiger partial charge in [0, 0.05) is 12.4 Å². The fourth-order valence-corrected chi connectivity index (χ4v) is 2.05. The quantitative estimate of drug-likeness (QED) is 0.503. The van der Waals surface area contributed by atoms with Crippen molar-refractivity contribution < 1.29 is 5.11 Å². The maximum Gasteiger partial charge on any atom is 0.140 e. The average molecular weight is 227 g/mol. The number of hydrogen-bond donors (Lipinski definition) is 3. The van der Waals surface area contributed by atoms with E-state index in [0.717, 1.165) is 17.2 Å². The summed E-state index contributed by atoms with van der Waals surface area (Å²) in [4.78, 5) is 4.29. The molecule has 0 saturated heterocycles. The lowest BCUT2D eigenvalue weighted by atomic mass is 10.2. The van der Waals surface area contributed by atoms with Crippen LogP contribution in [0, 0.1) is 5.92 Å². The Balaban J connectivity index is 2.37. The second-order valence-corrected chi connectivity index (χ2v) is 4.49. The molecule has 5 heteroatoms. The minimum atomic E-state index is 0.241. The molecule has 4 N–H and O–H groups in total. The molecular weight excluding hydrogens is 210 g/mol. The number of nitrogens with two attached hydrogens (primary N) is 1. The van der Waals surface area contributed by atoms with Gasteiger partial charge in [-0.15, -0.1) is 0 Å². The minimum absolute atomic E-state index is 0.241. The molecule has 1 atom stereocenters. The van der Waals surface area contributed by atoms with Crippen molar-refractivity contribution in [1.29, 1.82) is 0 Å². The summed E-state index contributed by atoms with van der Waals surface area (Å²) in [6.07, 6.45) is 0. The first kappa shape index (κ1) is 12.3. The first-order chi connectivity index (χ1) is 7.26.